The van der Waals surface area contributed by atoms with Gasteiger partial charge < -0.3 is 0 Å². The van der Waals surface area contributed by atoms with Crippen LogP contribution in [-0.4, -0.2) is 6.71 Å². The Kier molecular flexibility index (Phi) is 9.65. The van der Waals surface area contributed by atoms with E-state index in [1.54, 1.807) is 22.2 Å². The minimum absolute atomic E-state index is 0.613. The van der Waals surface area contributed by atoms with E-state index >= 15 is 0 Å². The summed E-state index contributed by atoms with van der Waals surface area (Å²) in [5.41, 5.74) is 6.66. The Morgan fingerprint density at radius 2 is 1.36 bits per heavy atom. The Morgan fingerprint density at radius 3 is 1.82 bits per heavy atom. The van der Waals surface area contributed by atoms with Crippen LogP contribution in [0.1, 0.15) is 141 Å². The highest BCUT2D eigenvalue weighted by Crippen LogP contribution is 2.36. The van der Waals surface area contributed by atoms with Crippen molar-refractivity contribution in [2.75, 3.05) is 0 Å². The van der Waals surface area contributed by atoms with Crippen LogP contribution in [0.15, 0.2) is 12.1 Å². The van der Waals surface area contributed by atoms with E-state index in [4.69, 9.17) is 0 Å². The van der Waals surface area contributed by atoms with Crippen molar-refractivity contribution in [2.45, 2.75) is 136 Å². The van der Waals surface area contributed by atoms with Crippen LogP contribution in [0.2, 0.25) is 12.1 Å². The second-order valence-corrected chi connectivity index (χ2v) is 10.4. The SMILES string of the molecule is CCCCCCB(c1c(C(C)C)cc(C(C)C)cc1C(C)C)C1CCCCC1. The summed E-state index contributed by atoms with van der Waals surface area (Å²) < 4.78 is 0. The van der Waals surface area contributed by atoms with E-state index in [0.717, 1.165) is 12.5 Å². The summed E-state index contributed by atoms with van der Waals surface area (Å²) in [7, 11) is 0. The number of hydrogen-bond donors (Lipinski definition) is 0. The fraction of sp³-hybridized carbons (Fsp3) is 0.778. The van der Waals surface area contributed by atoms with Crippen molar-refractivity contribution in [3.05, 3.63) is 28.8 Å². The lowest BCUT2D eigenvalue weighted by atomic mass is 9.31. The monoisotopic (exact) mass is 382 g/mol. The fourth-order valence-electron chi connectivity index (χ4n) is 5.38. The molecule has 0 aromatic heterocycles. The number of benzene rings is 1. The van der Waals surface area contributed by atoms with E-state index < -0.39 is 0 Å². The average Bonchev–Trinajstić information content (AvgIpc) is 2.67. The Balaban J connectivity index is 2.51. The van der Waals surface area contributed by atoms with E-state index in [9.17, 15) is 0 Å². The Morgan fingerprint density at radius 1 is 0.786 bits per heavy atom. The molecule has 1 saturated carbocycles. The predicted octanol–water partition coefficient (Wildman–Crippen LogP) is 8.67. The Labute approximate surface area is 177 Å². The van der Waals surface area contributed by atoms with Crippen molar-refractivity contribution < 1.29 is 0 Å². The first kappa shape index (κ1) is 23.6. The molecule has 1 aliphatic rings. The molecule has 0 aliphatic heterocycles. The quantitative estimate of drug-likeness (QED) is 0.280. The highest BCUT2D eigenvalue weighted by Gasteiger charge is 2.33. The van der Waals surface area contributed by atoms with Gasteiger partial charge in [-0.25, -0.2) is 0 Å². The summed E-state index contributed by atoms with van der Waals surface area (Å²) in [6.45, 7) is 17.5. The van der Waals surface area contributed by atoms with Crippen LogP contribution in [0, 0.1) is 0 Å². The number of rotatable bonds is 10. The largest absolute Gasteiger partial charge is 0.179 e. The van der Waals surface area contributed by atoms with Gasteiger partial charge in [0.25, 0.3) is 0 Å². The third kappa shape index (κ3) is 6.14. The van der Waals surface area contributed by atoms with Crippen LogP contribution in [-0.2, 0) is 0 Å². The van der Waals surface area contributed by atoms with E-state index in [-0.39, 0.29) is 0 Å². The molecule has 0 heterocycles. The highest BCUT2D eigenvalue weighted by molar-refractivity contribution is 6.75. The normalized spacial score (nSPS) is 15.8. The fourth-order valence-corrected chi connectivity index (χ4v) is 5.38. The van der Waals surface area contributed by atoms with Gasteiger partial charge >= 0.3 is 0 Å². The lowest BCUT2D eigenvalue weighted by Gasteiger charge is -2.34. The molecule has 0 bridgehead atoms. The van der Waals surface area contributed by atoms with E-state index in [1.807, 2.05) is 0 Å². The summed E-state index contributed by atoms with van der Waals surface area (Å²) in [6, 6.07) is 5.16. The summed E-state index contributed by atoms with van der Waals surface area (Å²) in [4.78, 5) is 0. The molecule has 1 aliphatic carbocycles. The molecule has 0 atom stereocenters. The molecule has 0 radical (unpaired) electrons. The Bertz CT molecular complexity index is 549. The lowest BCUT2D eigenvalue weighted by Crippen LogP contribution is -2.41. The van der Waals surface area contributed by atoms with Gasteiger partial charge in [0.1, 0.15) is 0 Å². The highest BCUT2D eigenvalue weighted by atomic mass is 14.2. The van der Waals surface area contributed by atoms with Crippen LogP contribution in [0.25, 0.3) is 0 Å². The standard InChI is InChI=1S/C27H47B/c1-8-9-10-14-17-28(24-15-12-11-13-16-24)27-25(21(4)5)18-23(20(2)3)19-26(27)22(6)7/h18-22,24H,8-17H2,1-7H3. The van der Waals surface area contributed by atoms with E-state index in [0.29, 0.717) is 17.8 Å². The smallest absolute Gasteiger partial charge is 0.0730 e. The maximum absolute atomic E-state index is 2.58. The molecule has 1 fully saturated rings. The van der Waals surface area contributed by atoms with Gasteiger partial charge in [-0.15, -0.1) is 0 Å². The summed E-state index contributed by atoms with van der Waals surface area (Å²) >= 11 is 0. The molecule has 0 spiro atoms. The van der Waals surface area contributed by atoms with Crippen molar-refractivity contribution in [3.8, 4) is 0 Å². The van der Waals surface area contributed by atoms with Gasteiger partial charge in [-0.05, 0) is 23.3 Å². The molecule has 0 nitrogen and oxygen atoms in total. The van der Waals surface area contributed by atoms with Crippen LogP contribution in [0.3, 0.4) is 0 Å². The zero-order valence-corrected chi connectivity index (χ0v) is 20.1. The van der Waals surface area contributed by atoms with Crippen molar-refractivity contribution >= 4 is 12.2 Å². The third-order valence-electron chi connectivity index (χ3n) is 7.14. The van der Waals surface area contributed by atoms with Crippen molar-refractivity contribution in [2.24, 2.45) is 0 Å². The molecule has 28 heavy (non-hydrogen) atoms. The summed E-state index contributed by atoms with van der Waals surface area (Å²) in [5, 5.41) is 0. The van der Waals surface area contributed by atoms with Gasteiger partial charge in [-0.1, -0.05) is 147 Å². The maximum atomic E-state index is 2.58. The topological polar surface area (TPSA) is 0 Å². The number of hydrogen-bond acceptors (Lipinski definition) is 0. The summed E-state index contributed by atoms with van der Waals surface area (Å²) in [5.74, 6) is 2.76. The Hall–Kier alpha value is -0.715. The van der Waals surface area contributed by atoms with Crippen LogP contribution < -0.4 is 5.46 Å². The molecule has 158 valence electrons. The minimum Gasteiger partial charge on any atom is -0.0730 e. The second-order valence-electron chi connectivity index (χ2n) is 10.4. The van der Waals surface area contributed by atoms with Gasteiger partial charge in [0.2, 0.25) is 0 Å². The van der Waals surface area contributed by atoms with Gasteiger partial charge in [-0.2, -0.15) is 0 Å². The minimum atomic E-state index is 0.613. The lowest BCUT2D eigenvalue weighted by molar-refractivity contribution is 0.496. The molecule has 1 aromatic rings. The van der Waals surface area contributed by atoms with Crippen molar-refractivity contribution in [1.29, 1.82) is 0 Å². The molecule has 0 saturated heterocycles. The first-order chi connectivity index (χ1) is 13.4. The zero-order valence-electron chi connectivity index (χ0n) is 20.1. The predicted molar refractivity (Wildman–Crippen MR) is 130 cm³/mol. The van der Waals surface area contributed by atoms with Crippen LogP contribution in [0.5, 0.6) is 0 Å². The van der Waals surface area contributed by atoms with Gasteiger partial charge in [-0.3, -0.25) is 0 Å². The summed E-state index contributed by atoms with van der Waals surface area (Å²) in [6.07, 6.45) is 14.3. The molecular weight excluding hydrogens is 335 g/mol. The first-order valence-corrected chi connectivity index (χ1v) is 12.5. The molecular formula is C27H47B. The molecule has 0 unspecified atom stereocenters. The van der Waals surface area contributed by atoms with Crippen molar-refractivity contribution in [1.82, 2.24) is 0 Å². The first-order valence-electron chi connectivity index (χ1n) is 12.5. The third-order valence-corrected chi connectivity index (χ3v) is 7.14. The van der Waals surface area contributed by atoms with Gasteiger partial charge in [0.15, 0.2) is 6.71 Å². The van der Waals surface area contributed by atoms with Gasteiger partial charge in [0, 0.05) is 0 Å². The molecule has 2 rings (SSSR count). The molecule has 0 N–H and O–H groups in total. The average molecular weight is 382 g/mol. The maximum Gasteiger partial charge on any atom is 0.179 e. The van der Waals surface area contributed by atoms with E-state index in [2.05, 4.69) is 60.6 Å². The molecule has 1 heteroatoms. The van der Waals surface area contributed by atoms with Gasteiger partial charge in [0.05, 0.1) is 0 Å². The van der Waals surface area contributed by atoms with Crippen LogP contribution >= 0.6 is 0 Å². The number of unbranched alkanes of at least 4 members (excludes halogenated alkanes) is 3. The second kappa shape index (κ2) is 11.5. The van der Waals surface area contributed by atoms with E-state index in [1.165, 1.54) is 64.1 Å². The molecule has 0 amide bonds. The van der Waals surface area contributed by atoms with Crippen molar-refractivity contribution in [3.63, 3.8) is 0 Å². The zero-order chi connectivity index (χ0) is 20.7. The molecule has 1 aromatic carbocycles. The van der Waals surface area contributed by atoms with Crippen LogP contribution in [0.4, 0.5) is 0 Å².